The minimum atomic E-state index is -0.422. The van der Waals surface area contributed by atoms with Gasteiger partial charge in [-0.05, 0) is 60.7 Å². The topological polar surface area (TPSA) is 79.6 Å². The zero-order valence-electron chi connectivity index (χ0n) is 18.3. The molecule has 0 amide bonds. The smallest absolute Gasteiger partial charge is 0.339 e. The molecule has 4 aromatic rings. The molecule has 7 nitrogen and oxygen atoms in total. The number of esters is 1. The highest BCUT2D eigenvalue weighted by atomic mass is 32.1. The largest absolute Gasteiger partial charge is 0.506 e. The van der Waals surface area contributed by atoms with Crippen molar-refractivity contribution in [3.05, 3.63) is 108 Å². The van der Waals surface area contributed by atoms with Gasteiger partial charge in [0, 0.05) is 18.1 Å². The molecule has 1 saturated heterocycles. The molecule has 2 N–H and O–H groups in total. The maximum absolute atomic E-state index is 12.5. The molecule has 0 aliphatic carbocycles. The lowest BCUT2D eigenvalue weighted by molar-refractivity contribution is 0.0600. The van der Waals surface area contributed by atoms with Crippen molar-refractivity contribution in [1.82, 2.24) is 14.9 Å². The monoisotopic (exact) mass is 470 g/mol. The lowest BCUT2D eigenvalue weighted by Gasteiger charge is -2.29. The summed E-state index contributed by atoms with van der Waals surface area (Å²) in [6.45, 7) is 0. The summed E-state index contributed by atoms with van der Waals surface area (Å²) in [4.78, 5) is 19.0. The van der Waals surface area contributed by atoms with Gasteiger partial charge in [-0.3, -0.25) is 4.98 Å². The summed E-state index contributed by atoms with van der Waals surface area (Å²) in [6, 6.07) is 23.3. The van der Waals surface area contributed by atoms with Crippen LogP contribution in [0.3, 0.4) is 0 Å². The van der Waals surface area contributed by atoms with Crippen LogP contribution in [0.2, 0.25) is 0 Å². The van der Waals surface area contributed by atoms with Crippen molar-refractivity contribution < 1.29 is 14.6 Å². The number of anilines is 1. The van der Waals surface area contributed by atoms with Crippen LogP contribution in [0, 0.1) is 0 Å². The normalized spacial score (nSPS) is 17.4. The Morgan fingerprint density at radius 1 is 1.00 bits per heavy atom. The van der Waals surface area contributed by atoms with E-state index < -0.39 is 5.97 Å². The van der Waals surface area contributed by atoms with Gasteiger partial charge in [0.2, 0.25) is 0 Å². The Hall–Kier alpha value is -4.17. The predicted octanol–water partition coefficient (Wildman–Crippen LogP) is 4.54. The van der Waals surface area contributed by atoms with Crippen LogP contribution in [-0.4, -0.2) is 32.8 Å². The van der Waals surface area contributed by atoms with Gasteiger partial charge < -0.3 is 24.6 Å². The Bertz CT molecular complexity index is 1350. The lowest BCUT2D eigenvalue weighted by Crippen LogP contribution is -2.30. The first-order valence-electron chi connectivity index (χ1n) is 10.7. The number of phenolic OH excluding ortho intramolecular Hbond substituents is 1. The molecule has 2 atom stereocenters. The summed E-state index contributed by atoms with van der Waals surface area (Å²) in [5.41, 5.74) is 3.38. The van der Waals surface area contributed by atoms with Gasteiger partial charge in [-0.2, -0.15) is 0 Å². The number of carbonyl (C=O) groups is 1. The number of hydrogen-bond acceptors (Lipinski definition) is 5. The van der Waals surface area contributed by atoms with Gasteiger partial charge in [0.1, 0.15) is 11.8 Å². The van der Waals surface area contributed by atoms with E-state index in [1.807, 2.05) is 70.3 Å². The first kappa shape index (κ1) is 21.7. The lowest BCUT2D eigenvalue weighted by atomic mass is 10.00. The van der Waals surface area contributed by atoms with E-state index >= 15 is 0 Å². The van der Waals surface area contributed by atoms with Crippen molar-refractivity contribution in [1.29, 1.82) is 0 Å². The first-order chi connectivity index (χ1) is 16.6. The number of para-hydroxylation sites is 3. The van der Waals surface area contributed by atoms with Crippen molar-refractivity contribution in [2.45, 2.75) is 12.1 Å². The fourth-order valence-electron chi connectivity index (χ4n) is 4.40. The molecule has 34 heavy (non-hydrogen) atoms. The van der Waals surface area contributed by atoms with E-state index in [0.717, 1.165) is 11.4 Å². The molecule has 0 bridgehead atoms. The number of pyridine rings is 1. The van der Waals surface area contributed by atoms with Crippen molar-refractivity contribution in [3.8, 4) is 11.4 Å². The Morgan fingerprint density at radius 2 is 1.74 bits per heavy atom. The SMILES string of the molecule is COC(=O)c1ccccc1-n1cccc1[C@H]1[C@H](c2ccccn2)NC(=S)N1c1ccccc1O. The predicted molar refractivity (Wildman–Crippen MR) is 133 cm³/mol. The number of carbonyl (C=O) groups excluding carboxylic acids is 1. The second-order valence-corrected chi connectivity index (χ2v) is 8.18. The zero-order valence-corrected chi connectivity index (χ0v) is 19.1. The molecule has 8 heteroatoms. The number of benzene rings is 2. The van der Waals surface area contributed by atoms with Gasteiger partial charge in [0.25, 0.3) is 0 Å². The third-order valence-electron chi connectivity index (χ3n) is 5.89. The van der Waals surface area contributed by atoms with Gasteiger partial charge in [0.05, 0.1) is 35.8 Å². The molecule has 0 unspecified atom stereocenters. The van der Waals surface area contributed by atoms with E-state index in [9.17, 15) is 9.90 Å². The van der Waals surface area contributed by atoms with Crippen molar-refractivity contribution in [2.24, 2.45) is 0 Å². The highest BCUT2D eigenvalue weighted by molar-refractivity contribution is 7.80. The van der Waals surface area contributed by atoms with Crippen LogP contribution in [0.1, 0.15) is 33.8 Å². The van der Waals surface area contributed by atoms with Crippen molar-refractivity contribution >= 4 is 29.0 Å². The molecule has 2 aromatic carbocycles. The average Bonchev–Trinajstić information content (AvgIpc) is 3.48. The van der Waals surface area contributed by atoms with Gasteiger partial charge >= 0.3 is 5.97 Å². The van der Waals surface area contributed by atoms with Gasteiger partial charge in [-0.1, -0.05) is 30.3 Å². The molecular weight excluding hydrogens is 448 g/mol. The molecule has 3 heterocycles. The second kappa shape index (κ2) is 8.99. The maximum atomic E-state index is 12.5. The minimum Gasteiger partial charge on any atom is -0.506 e. The van der Waals surface area contributed by atoms with Crippen LogP contribution in [0.4, 0.5) is 5.69 Å². The Morgan fingerprint density at radius 3 is 2.47 bits per heavy atom. The summed E-state index contributed by atoms with van der Waals surface area (Å²) < 4.78 is 6.97. The molecule has 0 radical (unpaired) electrons. The third-order valence-corrected chi connectivity index (χ3v) is 6.21. The number of hydrogen-bond donors (Lipinski definition) is 2. The van der Waals surface area contributed by atoms with Gasteiger partial charge in [-0.15, -0.1) is 0 Å². The first-order valence-corrected chi connectivity index (χ1v) is 11.1. The number of aromatic nitrogens is 2. The molecule has 170 valence electrons. The molecule has 0 saturated carbocycles. The number of methoxy groups -OCH3 is 1. The number of nitrogens with one attached hydrogen (secondary N) is 1. The summed E-state index contributed by atoms with van der Waals surface area (Å²) >= 11 is 5.75. The molecule has 2 aromatic heterocycles. The summed E-state index contributed by atoms with van der Waals surface area (Å²) in [5, 5.41) is 14.5. The van der Waals surface area contributed by atoms with E-state index in [2.05, 4.69) is 10.3 Å². The van der Waals surface area contributed by atoms with Gasteiger partial charge in [-0.25, -0.2) is 4.79 Å². The van der Waals surface area contributed by atoms with Crippen LogP contribution in [0.5, 0.6) is 5.75 Å². The summed E-state index contributed by atoms with van der Waals surface area (Å²) in [5.74, 6) is -0.305. The highest BCUT2D eigenvalue weighted by Gasteiger charge is 2.43. The van der Waals surface area contributed by atoms with E-state index in [-0.39, 0.29) is 17.8 Å². The number of thiocarbonyl (C=S) groups is 1. The summed E-state index contributed by atoms with van der Waals surface area (Å²) in [6.07, 6.45) is 3.64. The molecule has 0 spiro atoms. The zero-order chi connectivity index (χ0) is 23.7. The fourth-order valence-corrected chi connectivity index (χ4v) is 4.74. The average molecular weight is 471 g/mol. The summed E-state index contributed by atoms with van der Waals surface area (Å²) in [7, 11) is 1.37. The van der Waals surface area contributed by atoms with E-state index in [0.29, 0.717) is 22.1 Å². The number of nitrogens with zero attached hydrogens (tertiary/aromatic N) is 3. The maximum Gasteiger partial charge on any atom is 0.339 e. The van der Waals surface area contributed by atoms with Crippen LogP contribution < -0.4 is 10.2 Å². The highest BCUT2D eigenvalue weighted by Crippen LogP contribution is 2.44. The molecule has 1 aliphatic rings. The molecule has 1 aliphatic heterocycles. The number of ether oxygens (including phenoxy) is 1. The Balaban J connectivity index is 1.71. The van der Waals surface area contributed by atoms with Crippen LogP contribution >= 0.6 is 12.2 Å². The Kier molecular flexibility index (Phi) is 5.73. The number of aromatic hydroxyl groups is 1. The van der Waals surface area contributed by atoms with Crippen LogP contribution in [0.25, 0.3) is 5.69 Å². The van der Waals surface area contributed by atoms with E-state index in [1.165, 1.54) is 7.11 Å². The molecule has 1 fully saturated rings. The Labute approximate surface area is 202 Å². The quantitative estimate of drug-likeness (QED) is 0.327. The standard InChI is InChI=1S/C26H22N4O3S/c1-33-25(32)17-9-2-3-11-19(17)29-16-8-13-21(29)24-23(18-10-6-7-15-27-18)28-26(34)30(24)20-12-4-5-14-22(20)31/h2-16,23-24,31H,1H3,(H,28,34)/t23-,24-/m0/s1. The van der Waals surface area contributed by atoms with Gasteiger partial charge in [0.15, 0.2) is 5.11 Å². The number of phenols is 1. The van der Waals surface area contributed by atoms with Crippen LogP contribution in [0.15, 0.2) is 91.3 Å². The van der Waals surface area contributed by atoms with E-state index in [1.54, 1.807) is 30.5 Å². The van der Waals surface area contributed by atoms with Crippen molar-refractivity contribution in [3.63, 3.8) is 0 Å². The van der Waals surface area contributed by atoms with E-state index in [4.69, 9.17) is 17.0 Å². The van der Waals surface area contributed by atoms with Crippen LogP contribution in [-0.2, 0) is 4.74 Å². The third kappa shape index (κ3) is 3.68. The number of rotatable bonds is 5. The minimum absolute atomic E-state index is 0.117. The molecular formula is C26H22N4O3S. The molecule has 5 rings (SSSR count). The fraction of sp³-hybridized carbons (Fsp3) is 0.115. The second-order valence-electron chi connectivity index (χ2n) is 7.80. The van der Waals surface area contributed by atoms with Crippen molar-refractivity contribution in [2.75, 3.05) is 12.0 Å².